The highest BCUT2D eigenvalue weighted by Crippen LogP contribution is 2.24. The minimum Gasteiger partial charge on any atom is -0.476 e. The van der Waals surface area contributed by atoms with E-state index in [0.717, 1.165) is 12.4 Å². The molecule has 2 aromatic heterocycles. The highest BCUT2D eigenvalue weighted by atomic mass is 16.4. The maximum absolute atomic E-state index is 11.5. The molecule has 7 nitrogen and oxygen atoms in total. The molecule has 3 rings (SSSR count). The summed E-state index contributed by atoms with van der Waals surface area (Å²) < 4.78 is 2.07. The Labute approximate surface area is 122 Å². The molecule has 1 aliphatic rings. The summed E-state index contributed by atoms with van der Waals surface area (Å²) in [6, 6.07) is 0. The summed E-state index contributed by atoms with van der Waals surface area (Å²) in [5.41, 5.74) is 0.620. The minimum atomic E-state index is -1.02. The molecule has 0 spiro atoms. The van der Waals surface area contributed by atoms with E-state index in [0.29, 0.717) is 24.6 Å². The molecular weight excluding hydrogens is 270 g/mol. The third-order valence-electron chi connectivity index (χ3n) is 3.59. The third-order valence-corrected chi connectivity index (χ3v) is 3.59. The first kappa shape index (κ1) is 13.5. The highest BCUT2D eigenvalue weighted by Gasteiger charge is 2.24. The van der Waals surface area contributed by atoms with Gasteiger partial charge in [-0.3, -0.25) is 0 Å². The van der Waals surface area contributed by atoms with Gasteiger partial charge in [-0.2, -0.15) is 0 Å². The van der Waals surface area contributed by atoms with Crippen LogP contribution in [0.3, 0.4) is 0 Å². The van der Waals surface area contributed by atoms with Crippen LogP contribution in [0, 0.1) is 0 Å². The Morgan fingerprint density at radius 1 is 1.33 bits per heavy atom. The van der Waals surface area contributed by atoms with Crippen molar-refractivity contribution >= 4 is 11.7 Å². The average molecular weight is 287 g/mol. The van der Waals surface area contributed by atoms with Gasteiger partial charge in [0.1, 0.15) is 11.6 Å². The number of nitrogens with zero attached hydrogens (tertiary/aromatic N) is 5. The molecule has 0 aromatic carbocycles. The standard InChI is InChI=1S/C14H17N5O2/c1-9(2)13-16-7-10(12(17-13)14(20)21)19-6-5-18-4-3-15-11(18)8-19/h3-4,7,9H,5-6,8H2,1-2H3,(H,20,21). The molecule has 3 heterocycles. The van der Waals surface area contributed by atoms with Gasteiger partial charge in [-0.1, -0.05) is 13.8 Å². The molecule has 0 fully saturated rings. The molecule has 0 radical (unpaired) electrons. The van der Waals surface area contributed by atoms with Crippen LogP contribution in [0.2, 0.25) is 0 Å². The molecular formula is C14H17N5O2. The van der Waals surface area contributed by atoms with Crippen LogP contribution in [-0.2, 0) is 13.1 Å². The van der Waals surface area contributed by atoms with Crippen molar-refractivity contribution in [3.05, 3.63) is 35.9 Å². The number of hydrogen-bond donors (Lipinski definition) is 1. The van der Waals surface area contributed by atoms with Crippen molar-refractivity contribution in [1.29, 1.82) is 0 Å². The van der Waals surface area contributed by atoms with E-state index in [-0.39, 0.29) is 11.6 Å². The van der Waals surface area contributed by atoms with E-state index in [1.807, 2.05) is 24.9 Å². The first-order valence-electron chi connectivity index (χ1n) is 6.91. The zero-order valence-electron chi connectivity index (χ0n) is 12.0. The third kappa shape index (κ3) is 2.46. The van der Waals surface area contributed by atoms with Crippen LogP contribution in [0.5, 0.6) is 0 Å². The Morgan fingerprint density at radius 2 is 2.14 bits per heavy atom. The lowest BCUT2D eigenvalue weighted by molar-refractivity contribution is 0.0690. The van der Waals surface area contributed by atoms with Crippen LogP contribution >= 0.6 is 0 Å². The van der Waals surface area contributed by atoms with Crippen molar-refractivity contribution in [3.63, 3.8) is 0 Å². The molecule has 110 valence electrons. The van der Waals surface area contributed by atoms with Crippen LogP contribution in [0.4, 0.5) is 5.69 Å². The zero-order chi connectivity index (χ0) is 15.0. The molecule has 21 heavy (non-hydrogen) atoms. The van der Waals surface area contributed by atoms with Gasteiger partial charge < -0.3 is 14.6 Å². The van der Waals surface area contributed by atoms with Gasteiger partial charge in [-0.05, 0) is 0 Å². The highest BCUT2D eigenvalue weighted by molar-refractivity contribution is 5.92. The van der Waals surface area contributed by atoms with E-state index in [2.05, 4.69) is 19.5 Å². The van der Waals surface area contributed by atoms with Crippen LogP contribution in [0.1, 0.15) is 41.9 Å². The summed E-state index contributed by atoms with van der Waals surface area (Å²) in [6.07, 6.45) is 5.31. The van der Waals surface area contributed by atoms with Crippen molar-refractivity contribution < 1.29 is 9.90 Å². The summed E-state index contributed by atoms with van der Waals surface area (Å²) in [4.78, 5) is 26.3. The summed E-state index contributed by atoms with van der Waals surface area (Å²) in [7, 11) is 0. The van der Waals surface area contributed by atoms with E-state index < -0.39 is 5.97 Å². The van der Waals surface area contributed by atoms with Crippen molar-refractivity contribution in [2.24, 2.45) is 0 Å². The predicted octanol–water partition coefficient (Wildman–Crippen LogP) is 1.51. The lowest BCUT2D eigenvalue weighted by atomic mass is 10.2. The first-order chi connectivity index (χ1) is 10.1. The zero-order valence-corrected chi connectivity index (χ0v) is 12.0. The van der Waals surface area contributed by atoms with Crippen molar-refractivity contribution in [2.45, 2.75) is 32.9 Å². The smallest absolute Gasteiger partial charge is 0.356 e. The Morgan fingerprint density at radius 3 is 2.86 bits per heavy atom. The Balaban J connectivity index is 1.97. The summed E-state index contributed by atoms with van der Waals surface area (Å²) in [5.74, 6) is 0.542. The average Bonchev–Trinajstić information content (AvgIpc) is 2.93. The van der Waals surface area contributed by atoms with Gasteiger partial charge in [0.25, 0.3) is 0 Å². The SMILES string of the molecule is CC(C)c1ncc(N2CCn3ccnc3C2)c(C(=O)O)n1. The molecule has 2 aromatic rings. The van der Waals surface area contributed by atoms with Crippen molar-refractivity contribution in [1.82, 2.24) is 19.5 Å². The number of carbonyl (C=O) groups is 1. The van der Waals surface area contributed by atoms with Crippen LogP contribution in [0.15, 0.2) is 18.6 Å². The summed E-state index contributed by atoms with van der Waals surface area (Å²) >= 11 is 0. The second-order valence-electron chi connectivity index (χ2n) is 5.38. The second-order valence-corrected chi connectivity index (χ2v) is 5.38. The lowest BCUT2D eigenvalue weighted by Gasteiger charge is -2.30. The molecule has 7 heteroatoms. The quantitative estimate of drug-likeness (QED) is 0.921. The van der Waals surface area contributed by atoms with E-state index >= 15 is 0 Å². The number of hydrogen-bond acceptors (Lipinski definition) is 5. The van der Waals surface area contributed by atoms with Crippen LogP contribution in [-0.4, -0.2) is 37.1 Å². The molecule has 0 amide bonds. The molecule has 0 atom stereocenters. The normalized spacial score (nSPS) is 14.3. The number of fused-ring (bicyclic) bond motifs is 1. The number of imidazole rings is 1. The fraction of sp³-hybridized carbons (Fsp3) is 0.429. The fourth-order valence-corrected chi connectivity index (χ4v) is 2.44. The van der Waals surface area contributed by atoms with Crippen LogP contribution in [0.25, 0.3) is 0 Å². The topological polar surface area (TPSA) is 84.1 Å². The number of carboxylic acids is 1. The fourth-order valence-electron chi connectivity index (χ4n) is 2.44. The Hall–Kier alpha value is -2.44. The second kappa shape index (κ2) is 5.16. The number of anilines is 1. The lowest BCUT2D eigenvalue weighted by Crippen LogP contribution is -2.35. The maximum atomic E-state index is 11.5. The molecule has 0 bridgehead atoms. The summed E-state index contributed by atoms with van der Waals surface area (Å²) in [5, 5.41) is 9.42. The molecule has 0 aliphatic carbocycles. The number of aromatic carboxylic acids is 1. The minimum absolute atomic E-state index is 0.0636. The largest absolute Gasteiger partial charge is 0.476 e. The van der Waals surface area contributed by atoms with E-state index in [9.17, 15) is 9.90 Å². The van der Waals surface area contributed by atoms with Gasteiger partial charge in [0.15, 0.2) is 5.69 Å². The Kier molecular flexibility index (Phi) is 3.32. The summed E-state index contributed by atoms with van der Waals surface area (Å²) in [6.45, 7) is 5.95. The number of carboxylic acid groups (broad SMARTS) is 1. The van der Waals surface area contributed by atoms with E-state index in [4.69, 9.17) is 0 Å². The molecule has 0 saturated carbocycles. The molecule has 1 N–H and O–H groups in total. The first-order valence-corrected chi connectivity index (χ1v) is 6.91. The van der Waals surface area contributed by atoms with Gasteiger partial charge in [-0.25, -0.2) is 19.7 Å². The van der Waals surface area contributed by atoms with E-state index in [1.54, 1.807) is 12.4 Å². The van der Waals surface area contributed by atoms with E-state index in [1.165, 1.54) is 0 Å². The number of rotatable bonds is 3. The van der Waals surface area contributed by atoms with Gasteiger partial charge in [0, 0.05) is 31.4 Å². The Bertz CT molecular complexity index is 680. The number of aromatic nitrogens is 4. The van der Waals surface area contributed by atoms with Crippen molar-refractivity contribution in [2.75, 3.05) is 11.4 Å². The molecule has 0 saturated heterocycles. The van der Waals surface area contributed by atoms with Gasteiger partial charge in [-0.15, -0.1) is 0 Å². The molecule has 0 unspecified atom stereocenters. The maximum Gasteiger partial charge on any atom is 0.356 e. The van der Waals surface area contributed by atoms with Crippen LogP contribution < -0.4 is 4.90 Å². The predicted molar refractivity (Wildman–Crippen MR) is 76.4 cm³/mol. The van der Waals surface area contributed by atoms with Gasteiger partial charge in [0.05, 0.1) is 18.4 Å². The van der Waals surface area contributed by atoms with Gasteiger partial charge in [0.2, 0.25) is 0 Å². The van der Waals surface area contributed by atoms with Crippen molar-refractivity contribution in [3.8, 4) is 0 Å². The molecule has 1 aliphatic heterocycles. The monoisotopic (exact) mass is 287 g/mol. The van der Waals surface area contributed by atoms with Gasteiger partial charge >= 0.3 is 5.97 Å².